The van der Waals surface area contributed by atoms with Crippen molar-refractivity contribution in [3.8, 4) is 0 Å². The van der Waals surface area contributed by atoms with Crippen molar-refractivity contribution >= 4 is 5.97 Å². The maximum atomic E-state index is 13.7. The monoisotopic (exact) mass is 366 g/mol. The van der Waals surface area contributed by atoms with Crippen molar-refractivity contribution in [3.05, 3.63) is 35.4 Å². The molecule has 1 aromatic carbocycles. The van der Waals surface area contributed by atoms with Crippen LogP contribution in [0.2, 0.25) is 0 Å². The molecule has 24 heavy (non-hydrogen) atoms. The molecule has 1 N–H and O–H groups in total. The fraction of sp³-hybridized carbons (Fsp3) is 0.462. The molecule has 0 amide bonds. The number of rotatable bonds is 4. The number of carbonyl (C=O) groups excluding carboxylic acids is 1. The number of aliphatic hydroxyl groups is 1. The van der Waals surface area contributed by atoms with Crippen LogP contribution in [0, 0.1) is 0 Å². The molecule has 0 saturated carbocycles. The number of alkyl halides is 8. The van der Waals surface area contributed by atoms with E-state index in [2.05, 4.69) is 4.74 Å². The first-order valence-electron chi connectivity index (χ1n) is 6.21. The molecule has 0 spiro atoms. The van der Waals surface area contributed by atoms with Crippen LogP contribution >= 0.6 is 0 Å². The molecule has 0 fully saturated rings. The molecular formula is C13H10F8O3. The maximum Gasteiger partial charge on any atom is 0.457 e. The summed E-state index contributed by atoms with van der Waals surface area (Å²) in [5, 5.41) is 9.81. The minimum atomic E-state index is -6.36. The second-order valence-corrected chi connectivity index (χ2v) is 4.58. The summed E-state index contributed by atoms with van der Waals surface area (Å²) in [6, 6.07) is 0.622. The van der Waals surface area contributed by atoms with Gasteiger partial charge in [-0.25, -0.2) is 4.79 Å². The fourth-order valence-electron chi connectivity index (χ4n) is 1.77. The van der Waals surface area contributed by atoms with Crippen LogP contribution in [0.1, 0.15) is 18.1 Å². The first-order valence-corrected chi connectivity index (χ1v) is 6.21. The quantitative estimate of drug-likeness (QED) is 0.654. The van der Waals surface area contributed by atoms with Crippen LogP contribution in [0.5, 0.6) is 0 Å². The van der Waals surface area contributed by atoms with Gasteiger partial charge in [-0.2, -0.15) is 35.1 Å². The fourth-order valence-corrected chi connectivity index (χ4v) is 1.77. The van der Waals surface area contributed by atoms with Crippen molar-refractivity contribution in [1.82, 2.24) is 0 Å². The molecule has 11 heteroatoms. The molecule has 0 bridgehead atoms. The third-order valence-electron chi connectivity index (χ3n) is 3.01. The molecule has 0 aliphatic rings. The van der Waals surface area contributed by atoms with Gasteiger partial charge in [-0.15, -0.1) is 0 Å². The predicted octanol–water partition coefficient (Wildman–Crippen LogP) is 3.65. The molecule has 0 heterocycles. The number of benzene rings is 1. The van der Waals surface area contributed by atoms with Gasteiger partial charge in [-0.3, -0.25) is 0 Å². The van der Waals surface area contributed by atoms with E-state index in [0.717, 1.165) is 6.92 Å². The van der Waals surface area contributed by atoms with Crippen LogP contribution in [0.15, 0.2) is 24.3 Å². The highest BCUT2D eigenvalue weighted by Crippen LogP contribution is 2.49. The van der Waals surface area contributed by atoms with Crippen molar-refractivity contribution in [3.63, 3.8) is 0 Å². The average molecular weight is 366 g/mol. The van der Waals surface area contributed by atoms with Gasteiger partial charge < -0.3 is 9.84 Å². The van der Waals surface area contributed by atoms with Gasteiger partial charge in [-0.1, -0.05) is 12.1 Å². The van der Waals surface area contributed by atoms with E-state index in [1.54, 1.807) is 0 Å². The van der Waals surface area contributed by atoms with E-state index in [0.29, 0.717) is 0 Å². The number of carbonyl (C=O) groups is 1. The minimum Gasteiger partial charge on any atom is -0.463 e. The highest BCUT2D eigenvalue weighted by atomic mass is 19.4. The van der Waals surface area contributed by atoms with Gasteiger partial charge in [0.05, 0.1) is 12.2 Å². The van der Waals surface area contributed by atoms with Crippen molar-refractivity contribution in [2.45, 2.75) is 30.8 Å². The van der Waals surface area contributed by atoms with Gasteiger partial charge >= 0.3 is 24.2 Å². The smallest absolute Gasteiger partial charge is 0.457 e. The van der Waals surface area contributed by atoms with E-state index >= 15 is 0 Å². The second kappa shape index (κ2) is 6.19. The average Bonchev–Trinajstić information content (AvgIpc) is 2.44. The molecule has 3 nitrogen and oxygen atoms in total. The lowest BCUT2D eigenvalue weighted by atomic mass is 9.86. The van der Waals surface area contributed by atoms with E-state index in [9.17, 15) is 45.0 Å². The van der Waals surface area contributed by atoms with E-state index in [1.165, 1.54) is 0 Å². The first kappa shape index (κ1) is 20.1. The Bertz CT molecular complexity index is 591. The molecule has 136 valence electrons. The molecule has 0 aliphatic heterocycles. The number of ether oxygens (including phenoxy) is 1. The highest BCUT2D eigenvalue weighted by molar-refractivity contribution is 5.82. The number of hydrogen-bond donors (Lipinski definition) is 1. The zero-order chi connectivity index (χ0) is 19.0. The second-order valence-electron chi connectivity index (χ2n) is 4.58. The summed E-state index contributed by atoms with van der Waals surface area (Å²) in [4.78, 5) is 11.6. The topological polar surface area (TPSA) is 46.5 Å². The summed E-state index contributed by atoms with van der Waals surface area (Å²) in [7, 11) is 0. The Kier molecular flexibility index (Phi) is 5.19. The standard InChI is InChI=1S/C13H10F8O3/c1-2-24-9(22)10(23,12(17,18)13(19,20)21)7-3-5-8(6-4-7)11(14,15)16/h3-6,23H,2H2,1H3. The van der Waals surface area contributed by atoms with Crippen LogP contribution in [0.4, 0.5) is 35.1 Å². The van der Waals surface area contributed by atoms with E-state index < -0.39 is 47.6 Å². The number of esters is 1. The minimum absolute atomic E-state index is 0.152. The van der Waals surface area contributed by atoms with Gasteiger partial charge in [-0.05, 0) is 19.1 Å². The van der Waals surface area contributed by atoms with Gasteiger partial charge in [0.15, 0.2) is 0 Å². The predicted molar refractivity (Wildman–Crippen MR) is 63.0 cm³/mol. The SMILES string of the molecule is CCOC(=O)C(O)(c1ccc(C(F)(F)F)cc1)C(F)(F)C(F)(F)F. The van der Waals surface area contributed by atoms with E-state index in [-0.39, 0.29) is 24.3 Å². The molecule has 1 aromatic rings. The Balaban J connectivity index is 3.53. The molecule has 1 rings (SSSR count). The summed E-state index contributed by atoms with van der Waals surface area (Å²) in [5.41, 5.74) is -7.30. The zero-order valence-corrected chi connectivity index (χ0v) is 11.8. The van der Waals surface area contributed by atoms with Crippen LogP contribution in [-0.4, -0.2) is 29.8 Å². The molecule has 0 aromatic heterocycles. The van der Waals surface area contributed by atoms with Crippen molar-refractivity contribution in [1.29, 1.82) is 0 Å². The summed E-state index contributed by atoms with van der Waals surface area (Å²) < 4.78 is 106. The van der Waals surface area contributed by atoms with Crippen LogP contribution < -0.4 is 0 Å². The highest BCUT2D eigenvalue weighted by Gasteiger charge is 2.74. The van der Waals surface area contributed by atoms with Crippen molar-refractivity contribution < 1.29 is 49.8 Å². The van der Waals surface area contributed by atoms with Crippen molar-refractivity contribution in [2.75, 3.05) is 6.61 Å². The third-order valence-corrected chi connectivity index (χ3v) is 3.01. The van der Waals surface area contributed by atoms with Gasteiger partial charge in [0.1, 0.15) is 0 Å². The Morgan fingerprint density at radius 2 is 1.38 bits per heavy atom. The van der Waals surface area contributed by atoms with Crippen LogP contribution in [0.3, 0.4) is 0 Å². The Morgan fingerprint density at radius 1 is 0.958 bits per heavy atom. The maximum absolute atomic E-state index is 13.7. The third kappa shape index (κ3) is 3.30. The number of hydrogen-bond acceptors (Lipinski definition) is 3. The molecule has 1 unspecified atom stereocenters. The summed E-state index contributed by atoms with van der Waals surface area (Å²) in [6.07, 6.45) is -11.3. The normalized spacial score (nSPS) is 15.8. The van der Waals surface area contributed by atoms with Gasteiger partial charge in [0, 0.05) is 5.56 Å². The van der Waals surface area contributed by atoms with Crippen LogP contribution in [-0.2, 0) is 21.3 Å². The Hall–Kier alpha value is -1.91. The summed E-state index contributed by atoms with van der Waals surface area (Å²) >= 11 is 0. The molecule has 0 saturated heterocycles. The summed E-state index contributed by atoms with van der Waals surface area (Å²) in [5.74, 6) is -8.35. The molecular weight excluding hydrogens is 356 g/mol. The lowest BCUT2D eigenvalue weighted by Crippen LogP contribution is -2.59. The largest absolute Gasteiger partial charge is 0.463 e. The van der Waals surface area contributed by atoms with Gasteiger partial charge in [0.25, 0.3) is 5.60 Å². The van der Waals surface area contributed by atoms with Gasteiger partial charge in [0.2, 0.25) is 0 Å². The zero-order valence-electron chi connectivity index (χ0n) is 11.8. The Morgan fingerprint density at radius 3 is 1.71 bits per heavy atom. The van der Waals surface area contributed by atoms with Crippen LogP contribution in [0.25, 0.3) is 0 Å². The molecule has 1 atom stereocenters. The Labute approximate surface area is 129 Å². The molecule has 0 radical (unpaired) electrons. The molecule has 0 aliphatic carbocycles. The van der Waals surface area contributed by atoms with E-state index in [1.807, 2.05) is 0 Å². The number of halogens is 8. The summed E-state index contributed by atoms with van der Waals surface area (Å²) in [6.45, 7) is 0.437. The first-order chi connectivity index (χ1) is 10.7. The lowest BCUT2D eigenvalue weighted by molar-refractivity contribution is -0.341. The van der Waals surface area contributed by atoms with Crippen molar-refractivity contribution in [2.24, 2.45) is 0 Å². The van der Waals surface area contributed by atoms with E-state index in [4.69, 9.17) is 0 Å². The lowest BCUT2D eigenvalue weighted by Gasteiger charge is -2.34.